The summed E-state index contributed by atoms with van der Waals surface area (Å²) in [5.41, 5.74) is 0.360. The molecular weight excluding hydrogens is 288 g/mol. The predicted molar refractivity (Wildman–Crippen MR) is 91.1 cm³/mol. The summed E-state index contributed by atoms with van der Waals surface area (Å²) in [4.78, 5) is 0. The van der Waals surface area contributed by atoms with Gasteiger partial charge in [0.25, 0.3) is 0 Å². The van der Waals surface area contributed by atoms with Gasteiger partial charge in [-0.15, -0.1) is 6.58 Å². The van der Waals surface area contributed by atoms with Gasteiger partial charge in [0.15, 0.2) is 0 Å². The molecule has 1 saturated carbocycles. The fourth-order valence-corrected chi connectivity index (χ4v) is 4.39. The van der Waals surface area contributed by atoms with Gasteiger partial charge in [-0.3, -0.25) is 0 Å². The Bertz CT molecular complexity index is 507. The van der Waals surface area contributed by atoms with Crippen molar-refractivity contribution in [3.8, 4) is 0 Å². The Morgan fingerprint density at radius 1 is 1.30 bits per heavy atom. The molecule has 1 aromatic rings. The monoisotopic (exact) mass is 316 g/mol. The lowest BCUT2D eigenvalue weighted by Gasteiger charge is -2.46. The topological polar surface area (TPSA) is 38.7 Å². The van der Waals surface area contributed by atoms with E-state index in [-0.39, 0.29) is 5.60 Å². The van der Waals surface area contributed by atoms with Gasteiger partial charge in [0.05, 0.1) is 24.4 Å². The normalized spacial score (nSPS) is 33.9. The molecule has 1 heterocycles. The minimum atomic E-state index is -0.689. The van der Waals surface area contributed by atoms with Gasteiger partial charge in [-0.2, -0.15) is 0 Å². The minimum absolute atomic E-state index is 0.142. The molecule has 1 saturated heterocycles. The number of benzene rings is 1. The van der Waals surface area contributed by atoms with Gasteiger partial charge >= 0.3 is 0 Å². The van der Waals surface area contributed by atoms with Crippen LogP contribution in [-0.2, 0) is 16.1 Å². The Labute approximate surface area is 139 Å². The average molecular weight is 316 g/mol. The van der Waals surface area contributed by atoms with Crippen molar-refractivity contribution in [1.29, 1.82) is 0 Å². The first-order valence-corrected chi connectivity index (χ1v) is 8.72. The number of hydrogen-bond acceptors (Lipinski definition) is 3. The summed E-state index contributed by atoms with van der Waals surface area (Å²) in [6, 6.07) is 10.2. The first kappa shape index (κ1) is 16.7. The molecule has 3 atom stereocenters. The number of hydrogen-bond donors (Lipinski definition) is 1. The molecular formula is C20H28O3. The molecule has 2 fully saturated rings. The molecule has 3 heteroatoms. The van der Waals surface area contributed by atoms with Crippen LogP contribution in [0.3, 0.4) is 0 Å². The van der Waals surface area contributed by atoms with Gasteiger partial charge in [0, 0.05) is 13.0 Å². The van der Waals surface area contributed by atoms with Crippen LogP contribution in [0.2, 0.25) is 0 Å². The van der Waals surface area contributed by atoms with Crippen molar-refractivity contribution in [3.63, 3.8) is 0 Å². The first-order valence-electron chi connectivity index (χ1n) is 8.72. The van der Waals surface area contributed by atoms with Crippen LogP contribution < -0.4 is 0 Å². The van der Waals surface area contributed by atoms with Crippen LogP contribution in [0.4, 0.5) is 0 Å². The van der Waals surface area contributed by atoms with Crippen LogP contribution in [0.25, 0.3) is 0 Å². The largest absolute Gasteiger partial charge is 0.389 e. The second kappa shape index (κ2) is 7.16. The molecule has 0 radical (unpaired) electrons. The molecule has 0 aromatic heterocycles. The summed E-state index contributed by atoms with van der Waals surface area (Å²) in [6.07, 6.45) is 7.13. The van der Waals surface area contributed by atoms with Crippen molar-refractivity contribution in [3.05, 3.63) is 48.6 Å². The summed E-state index contributed by atoms with van der Waals surface area (Å²) in [5.74, 6) is 0.343. The lowest BCUT2D eigenvalue weighted by molar-refractivity contribution is -0.136. The Morgan fingerprint density at radius 2 is 2.13 bits per heavy atom. The summed E-state index contributed by atoms with van der Waals surface area (Å²) >= 11 is 0. The van der Waals surface area contributed by atoms with Crippen LogP contribution in [0.5, 0.6) is 0 Å². The number of ether oxygens (including phenoxy) is 2. The molecule has 0 amide bonds. The Morgan fingerprint density at radius 3 is 2.83 bits per heavy atom. The van der Waals surface area contributed by atoms with Gasteiger partial charge in [-0.05, 0) is 43.6 Å². The van der Waals surface area contributed by atoms with E-state index < -0.39 is 5.60 Å². The molecule has 0 unspecified atom stereocenters. The highest BCUT2D eigenvalue weighted by atomic mass is 16.5. The van der Waals surface area contributed by atoms with E-state index >= 15 is 0 Å². The van der Waals surface area contributed by atoms with E-state index in [1.807, 2.05) is 24.3 Å². The van der Waals surface area contributed by atoms with Crippen molar-refractivity contribution in [1.82, 2.24) is 0 Å². The predicted octanol–water partition coefficient (Wildman–Crippen LogP) is 3.86. The van der Waals surface area contributed by atoms with E-state index in [0.717, 1.165) is 38.7 Å². The van der Waals surface area contributed by atoms with Crippen molar-refractivity contribution in [2.24, 2.45) is 5.92 Å². The molecule has 1 aromatic carbocycles. The van der Waals surface area contributed by atoms with Crippen molar-refractivity contribution < 1.29 is 14.6 Å². The second-order valence-corrected chi connectivity index (χ2v) is 7.30. The van der Waals surface area contributed by atoms with Crippen molar-refractivity contribution >= 4 is 0 Å². The maximum atomic E-state index is 11.0. The van der Waals surface area contributed by atoms with E-state index in [9.17, 15) is 5.11 Å². The van der Waals surface area contributed by atoms with Crippen LogP contribution in [0, 0.1) is 5.92 Å². The lowest BCUT2D eigenvalue weighted by Crippen LogP contribution is -2.49. The number of rotatable bonds is 6. The third-order valence-corrected chi connectivity index (χ3v) is 5.15. The Kier molecular flexibility index (Phi) is 5.20. The van der Waals surface area contributed by atoms with Gasteiger partial charge in [-0.25, -0.2) is 0 Å². The van der Waals surface area contributed by atoms with E-state index in [1.165, 1.54) is 5.56 Å². The molecule has 1 aliphatic heterocycles. The van der Waals surface area contributed by atoms with Crippen LogP contribution in [-0.4, -0.2) is 29.5 Å². The molecule has 0 bridgehead atoms. The fraction of sp³-hybridized carbons (Fsp3) is 0.600. The SMILES string of the molecule is C=CC[C@@]1(O)C[C@@H](COCc2ccccc2)C[C@@]2(CCCO2)C1. The minimum Gasteiger partial charge on any atom is -0.389 e. The second-order valence-electron chi connectivity index (χ2n) is 7.30. The zero-order valence-corrected chi connectivity index (χ0v) is 13.9. The highest BCUT2D eigenvalue weighted by molar-refractivity contribution is 5.13. The van der Waals surface area contributed by atoms with Crippen LogP contribution in [0.15, 0.2) is 43.0 Å². The Hall–Kier alpha value is -1.16. The lowest BCUT2D eigenvalue weighted by atomic mass is 9.68. The standard InChI is InChI=1S/C20H28O3/c1-2-9-19(21)12-18(13-20(16-19)10-6-11-23-20)15-22-14-17-7-4-3-5-8-17/h2-5,7-8,18,21H,1,6,9-16H2/t18-,19-,20+/m1/s1. The van der Waals surface area contributed by atoms with E-state index in [4.69, 9.17) is 9.47 Å². The summed E-state index contributed by atoms with van der Waals surface area (Å²) in [7, 11) is 0. The molecule has 23 heavy (non-hydrogen) atoms. The highest BCUT2D eigenvalue weighted by Gasteiger charge is 2.49. The average Bonchev–Trinajstić information content (AvgIpc) is 2.95. The summed E-state index contributed by atoms with van der Waals surface area (Å²) in [6.45, 7) is 5.94. The molecule has 3 rings (SSSR count). The quantitative estimate of drug-likeness (QED) is 0.810. The van der Waals surface area contributed by atoms with E-state index in [2.05, 4.69) is 18.7 Å². The van der Waals surface area contributed by atoms with Gasteiger partial charge in [0.2, 0.25) is 0 Å². The summed E-state index contributed by atoms with van der Waals surface area (Å²) in [5, 5.41) is 11.0. The van der Waals surface area contributed by atoms with Crippen molar-refractivity contribution in [2.45, 2.75) is 56.3 Å². The molecule has 1 N–H and O–H groups in total. The summed E-state index contributed by atoms with van der Waals surface area (Å²) < 4.78 is 12.0. The maximum Gasteiger partial charge on any atom is 0.0717 e. The first-order chi connectivity index (χ1) is 11.1. The fourth-order valence-electron chi connectivity index (χ4n) is 4.39. The third-order valence-electron chi connectivity index (χ3n) is 5.15. The van der Waals surface area contributed by atoms with Crippen molar-refractivity contribution in [2.75, 3.05) is 13.2 Å². The molecule has 1 spiro atoms. The zero-order valence-electron chi connectivity index (χ0n) is 13.9. The zero-order chi connectivity index (χ0) is 16.2. The highest BCUT2D eigenvalue weighted by Crippen LogP contribution is 2.47. The third kappa shape index (κ3) is 4.23. The smallest absolute Gasteiger partial charge is 0.0717 e. The molecule has 1 aliphatic carbocycles. The molecule has 126 valence electrons. The molecule has 2 aliphatic rings. The van der Waals surface area contributed by atoms with Gasteiger partial charge < -0.3 is 14.6 Å². The molecule has 3 nitrogen and oxygen atoms in total. The van der Waals surface area contributed by atoms with Crippen LogP contribution >= 0.6 is 0 Å². The van der Waals surface area contributed by atoms with Crippen LogP contribution in [0.1, 0.15) is 44.1 Å². The number of aliphatic hydroxyl groups is 1. The van der Waals surface area contributed by atoms with Gasteiger partial charge in [-0.1, -0.05) is 36.4 Å². The van der Waals surface area contributed by atoms with E-state index in [0.29, 0.717) is 25.6 Å². The van der Waals surface area contributed by atoms with Gasteiger partial charge in [0.1, 0.15) is 0 Å². The maximum absolute atomic E-state index is 11.0. The van der Waals surface area contributed by atoms with E-state index in [1.54, 1.807) is 0 Å². The Balaban J connectivity index is 1.60.